The number of hydrogen-bond acceptors (Lipinski definition) is 3. The molecule has 3 nitrogen and oxygen atoms in total. The zero-order chi connectivity index (χ0) is 9.64. The highest BCUT2D eigenvalue weighted by Gasteiger charge is 2.43. The van der Waals surface area contributed by atoms with Crippen LogP contribution in [0.4, 0.5) is 8.78 Å². The summed E-state index contributed by atoms with van der Waals surface area (Å²) in [6, 6.07) is 0. The molecule has 0 saturated carbocycles. The number of alkyl halides is 2. The molecule has 1 aliphatic rings. The zero-order valence-corrected chi connectivity index (χ0v) is 7.20. The van der Waals surface area contributed by atoms with Gasteiger partial charge in [0.15, 0.2) is 0 Å². The van der Waals surface area contributed by atoms with Crippen molar-refractivity contribution in [2.24, 2.45) is 0 Å². The Morgan fingerprint density at radius 3 is 2.85 bits per heavy atom. The van der Waals surface area contributed by atoms with Crippen molar-refractivity contribution in [3.63, 3.8) is 0 Å². The van der Waals surface area contributed by atoms with Gasteiger partial charge in [0.1, 0.15) is 0 Å². The molecule has 13 heavy (non-hydrogen) atoms. The third kappa shape index (κ3) is 1.21. The molecule has 0 unspecified atom stereocenters. The average Bonchev–Trinajstić information content (AvgIpc) is 2.53. The number of rotatable bonds is 1. The van der Waals surface area contributed by atoms with Crippen LogP contribution in [0.3, 0.4) is 0 Å². The van der Waals surface area contributed by atoms with E-state index >= 15 is 0 Å². The highest BCUT2D eigenvalue weighted by atomic mass is 32.1. The number of aromatic nitrogens is 1. The molecule has 0 spiro atoms. The van der Waals surface area contributed by atoms with Gasteiger partial charge in [0.25, 0.3) is 5.92 Å². The summed E-state index contributed by atoms with van der Waals surface area (Å²) in [4.78, 5) is 13.9. The fourth-order valence-corrected chi connectivity index (χ4v) is 2.24. The molecule has 0 aromatic carbocycles. The number of thiazole rings is 1. The van der Waals surface area contributed by atoms with Crippen molar-refractivity contribution in [2.45, 2.75) is 18.8 Å². The Bertz CT molecular complexity index is 375. The van der Waals surface area contributed by atoms with Gasteiger partial charge in [-0.1, -0.05) is 0 Å². The van der Waals surface area contributed by atoms with Gasteiger partial charge in [0.05, 0.1) is 10.6 Å². The van der Waals surface area contributed by atoms with Crippen molar-refractivity contribution in [2.75, 3.05) is 0 Å². The van der Waals surface area contributed by atoms with Crippen molar-refractivity contribution in [3.8, 4) is 0 Å². The second-order valence-corrected chi connectivity index (χ2v) is 3.80. The van der Waals surface area contributed by atoms with Gasteiger partial charge >= 0.3 is 5.97 Å². The number of halogens is 2. The number of carboxylic acid groups (broad SMARTS) is 1. The monoisotopic (exact) mass is 205 g/mol. The predicted octanol–water partition coefficient (Wildman–Crippen LogP) is 1.88. The zero-order valence-electron chi connectivity index (χ0n) is 6.38. The number of hydrogen-bond donors (Lipinski definition) is 1. The standard InChI is InChI=1S/C7H5F2NO2S/c8-7(9)2-1-3-4(7)13-5(10-3)6(11)12/h1-2H2,(H,11,12). The Balaban J connectivity index is 2.48. The molecule has 0 saturated heterocycles. The van der Waals surface area contributed by atoms with Gasteiger partial charge in [-0.05, 0) is 6.42 Å². The second kappa shape index (κ2) is 2.47. The first kappa shape index (κ1) is 8.55. The minimum absolute atomic E-state index is 0.173. The van der Waals surface area contributed by atoms with E-state index in [0.29, 0.717) is 11.3 Å². The molecular formula is C7H5F2NO2S. The number of nitrogens with zero attached hydrogens (tertiary/aromatic N) is 1. The van der Waals surface area contributed by atoms with E-state index in [-0.39, 0.29) is 28.4 Å². The maximum atomic E-state index is 13.0. The van der Waals surface area contributed by atoms with Gasteiger partial charge in [-0.25, -0.2) is 18.6 Å². The summed E-state index contributed by atoms with van der Waals surface area (Å²) >= 11 is 0.576. The Kier molecular flexibility index (Phi) is 1.63. The summed E-state index contributed by atoms with van der Waals surface area (Å²) < 4.78 is 26.0. The number of carboxylic acids is 1. The summed E-state index contributed by atoms with van der Waals surface area (Å²) in [6.45, 7) is 0. The van der Waals surface area contributed by atoms with Crippen molar-refractivity contribution in [1.82, 2.24) is 4.98 Å². The van der Waals surface area contributed by atoms with Crippen LogP contribution in [0, 0.1) is 0 Å². The first-order chi connectivity index (χ1) is 6.00. The number of aryl methyl sites for hydroxylation is 1. The normalized spacial score (nSPS) is 18.6. The third-order valence-electron chi connectivity index (χ3n) is 1.89. The van der Waals surface area contributed by atoms with Crippen LogP contribution in [0.25, 0.3) is 0 Å². The maximum Gasteiger partial charge on any atom is 0.365 e. The molecule has 1 aromatic rings. The largest absolute Gasteiger partial charge is 0.476 e. The van der Waals surface area contributed by atoms with E-state index in [9.17, 15) is 13.6 Å². The van der Waals surface area contributed by atoms with E-state index in [2.05, 4.69) is 4.98 Å². The number of aromatic carboxylic acids is 1. The molecule has 1 heterocycles. The van der Waals surface area contributed by atoms with Crippen molar-refractivity contribution in [3.05, 3.63) is 15.6 Å². The Morgan fingerprint density at radius 1 is 1.62 bits per heavy atom. The van der Waals surface area contributed by atoms with E-state index in [1.54, 1.807) is 0 Å². The smallest absolute Gasteiger partial charge is 0.365 e. The summed E-state index contributed by atoms with van der Waals surface area (Å²) in [6.07, 6.45) is -0.0762. The molecule has 0 amide bonds. The first-order valence-corrected chi connectivity index (χ1v) is 4.43. The van der Waals surface area contributed by atoms with Gasteiger partial charge in [-0.3, -0.25) is 0 Å². The first-order valence-electron chi connectivity index (χ1n) is 3.62. The molecule has 0 atom stereocenters. The van der Waals surface area contributed by atoms with Gasteiger partial charge < -0.3 is 5.11 Å². The van der Waals surface area contributed by atoms with Crippen LogP contribution in [0.15, 0.2) is 0 Å². The summed E-state index contributed by atoms with van der Waals surface area (Å²) in [7, 11) is 0. The molecule has 1 N–H and O–H groups in total. The van der Waals surface area contributed by atoms with E-state index in [1.165, 1.54) is 0 Å². The fraction of sp³-hybridized carbons (Fsp3) is 0.429. The Hall–Kier alpha value is -1.04. The van der Waals surface area contributed by atoms with Crippen molar-refractivity contribution >= 4 is 17.3 Å². The molecule has 0 fully saturated rings. The summed E-state index contributed by atoms with van der Waals surface area (Å²) in [5, 5.41) is 8.27. The molecule has 2 rings (SSSR count). The van der Waals surface area contributed by atoms with Crippen LogP contribution in [-0.4, -0.2) is 16.1 Å². The molecule has 6 heteroatoms. The molecule has 0 radical (unpaired) electrons. The van der Waals surface area contributed by atoms with Crippen LogP contribution >= 0.6 is 11.3 Å². The second-order valence-electron chi connectivity index (χ2n) is 2.80. The average molecular weight is 205 g/mol. The third-order valence-corrected chi connectivity index (χ3v) is 3.09. The lowest BCUT2D eigenvalue weighted by atomic mass is 10.3. The van der Waals surface area contributed by atoms with Crippen molar-refractivity contribution in [1.29, 1.82) is 0 Å². The molecule has 70 valence electrons. The van der Waals surface area contributed by atoms with Gasteiger partial charge in [0.2, 0.25) is 5.01 Å². The van der Waals surface area contributed by atoms with Gasteiger partial charge in [0, 0.05) is 6.42 Å². The molecule has 0 aliphatic heterocycles. The topological polar surface area (TPSA) is 50.2 Å². The Morgan fingerprint density at radius 2 is 2.31 bits per heavy atom. The molecule has 1 aromatic heterocycles. The highest BCUT2D eigenvalue weighted by molar-refractivity contribution is 7.13. The lowest BCUT2D eigenvalue weighted by molar-refractivity contribution is 0.00160. The van der Waals surface area contributed by atoms with Crippen LogP contribution in [0.5, 0.6) is 0 Å². The van der Waals surface area contributed by atoms with Gasteiger partial charge in [-0.15, -0.1) is 11.3 Å². The Labute approximate surface area is 76.0 Å². The van der Waals surface area contributed by atoms with E-state index in [0.717, 1.165) is 0 Å². The number of carbonyl (C=O) groups is 1. The van der Waals surface area contributed by atoms with E-state index < -0.39 is 11.9 Å². The SMILES string of the molecule is O=C(O)c1nc2c(s1)C(F)(F)CC2. The lowest BCUT2D eigenvalue weighted by Gasteiger charge is -2.05. The van der Waals surface area contributed by atoms with Crippen LogP contribution < -0.4 is 0 Å². The fourth-order valence-electron chi connectivity index (χ4n) is 1.29. The maximum absolute atomic E-state index is 13.0. The number of fused-ring (bicyclic) bond motifs is 1. The quantitative estimate of drug-likeness (QED) is 0.761. The van der Waals surface area contributed by atoms with Crippen LogP contribution in [0.2, 0.25) is 0 Å². The molecular weight excluding hydrogens is 200 g/mol. The summed E-state index contributed by atoms with van der Waals surface area (Å²) in [5.74, 6) is -4.11. The van der Waals surface area contributed by atoms with Crippen LogP contribution in [-0.2, 0) is 12.3 Å². The lowest BCUT2D eigenvalue weighted by Crippen LogP contribution is -2.05. The predicted molar refractivity (Wildman–Crippen MR) is 41.3 cm³/mol. The van der Waals surface area contributed by atoms with Crippen molar-refractivity contribution < 1.29 is 18.7 Å². The summed E-state index contributed by atoms with van der Waals surface area (Å²) in [5.41, 5.74) is 0.243. The molecule has 1 aliphatic carbocycles. The highest BCUT2D eigenvalue weighted by Crippen LogP contribution is 2.44. The van der Waals surface area contributed by atoms with E-state index in [4.69, 9.17) is 5.11 Å². The minimum atomic E-state index is -2.87. The molecule has 0 bridgehead atoms. The minimum Gasteiger partial charge on any atom is -0.476 e. The van der Waals surface area contributed by atoms with E-state index in [1.807, 2.05) is 0 Å². The van der Waals surface area contributed by atoms with Gasteiger partial charge in [-0.2, -0.15) is 0 Å². The van der Waals surface area contributed by atoms with Crippen LogP contribution in [0.1, 0.15) is 26.8 Å².